The summed E-state index contributed by atoms with van der Waals surface area (Å²) in [5.41, 5.74) is -5.66. The first-order chi connectivity index (χ1) is 18.2. The molecule has 1 aliphatic rings. The summed E-state index contributed by atoms with van der Waals surface area (Å²) in [7, 11) is 0. The molecular weight excluding hydrogens is 530 g/mol. The highest BCUT2D eigenvalue weighted by molar-refractivity contribution is 5.98. The van der Waals surface area contributed by atoms with Gasteiger partial charge < -0.3 is 15.7 Å². The number of carbonyl (C=O) groups is 1. The van der Waals surface area contributed by atoms with Crippen LogP contribution in [0.3, 0.4) is 0 Å². The Hall–Kier alpha value is -3.83. The third kappa shape index (κ3) is 5.64. The fourth-order valence-corrected chi connectivity index (χ4v) is 4.48. The van der Waals surface area contributed by atoms with Gasteiger partial charge in [-0.2, -0.15) is 36.7 Å². The van der Waals surface area contributed by atoms with Crippen LogP contribution in [0.2, 0.25) is 0 Å². The van der Waals surface area contributed by atoms with Gasteiger partial charge in [0, 0.05) is 12.2 Å². The number of nitrogens with zero attached hydrogens (tertiary/aromatic N) is 3. The number of halogens is 6. The van der Waals surface area contributed by atoms with Gasteiger partial charge in [0.1, 0.15) is 12.0 Å². The molecule has 1 amide bonds. The van der Waals surface area contributed by atoms with Gasteiger partial charge in [0.05, 0.1) is 33.7 Å². The van der Waals surface area contributed by atoms with Crippen molar-refractivity contribution in [2.75, 3.05) is 23.7 Å². The molecule has 1 aromatic heterocycles. The van der Waals surface area contributed by atoms with E-state index < -0.39 is 46.7 Å². The smallest absolute Gasteiger partial charge is 0.377 e. The molecule has 0 fully saturated rings. The second-order valence-electron chi connectivity index (χ2n) is 9.31. The van der Waals surface area contributed by atoms with Crippen molar-refractivity contribution in [1.29, 1.82) is 5.26 Å². The molecule has 0 spiro atoms. The molecule has 14 heteroatoms. The highest BCUT2D eigenvalue weighted by Gasteiger charge is 2.44. The largest absolute Gasteiger partial charge is 0.417 e. The van der Waals surface area contributed by atoms with Gasteiger partial charge in [-0.3, -0.25) is 10.1 Å². The van der Waals surface area contributed by atoms with E-state index >= 15 is 0 Å². The van der Waals surface area contributed by atoms with Gasteiger partial charge >= 0.3 is 12.4 Å². The highest BCUT2D eigenvalue weighted by Crippen LogP contribution is 2.40. The molecule has 0 radical (unpaired) electrons. The van der Waals surface area contributed by atoms with Crippen LogP contribution in [0, 0.1) is 11.3 Å². The summed E-state index contributed by atoms with van der Waals surface area (Å²) in [4.78, 5) is 13.3. The quantitative estimate of drug-likeness (QED) is 0.338. The van der Waals surface area contributed by atoms with Crippen molar-refractivity contribution in [1.82, 2.24) is 15.1 Å². The summed E-state index contributed by atoms with van der Waals surface area (Å²) in [6.45, 7) is 1.66. The Morgan fingerprint density at radius 2 is 1.77 bits per heavy atom. The normalized spacial score (nSPS) is 18.4. The molecule has 2 atom stereocenters. The van der Waals surface area contributed by atoms with Crippen molar-refractivity contribution in [3.05, 3.63) is 53.1 Å². The first kappa shape index (κ1) is 28.2. The van der Waals surface area contributed by atoms with E-state index in [-0.39, 0.29) is 29.0 Å². The fraction of sp³-hybridized carbons (Fsp3) is 0.400. The maximum Gasteiger partial charge on any atom is 0.417 e. The van der Waals surface area contributed by atoms with Gasteiger partial charge in [0.2, 0.25) is 0 Å². The number of nitrogens with one attached hydrogen (secondary N) is 3. The van der Waals surface area contributed by atoms with Crippen LogP contribution in [0.25, 0.3) is 10.9 Å². The molecule has 0 saturated heterocycles. The van der Waals surface area contributed by atoms with Crippen molar-refractivity contribution < 1.29 is 36.2 Å². The number of benzene rings is 2. The van der Waals surface area contributed by atoms with E-state index in [1.54, 1.807) is 0 Å². The molecule has 8 nitrogen and oxygen atoms in total. The number of hydrogen-bond acceptors (Lipinski definition) is 6. The summed E-state index contributed by atoms with van der Waals surface area (Å²) in [5.74, 6) is -1.21. The number of anilines is 2. The predicted octanol–water partition coefficient (Wildman–Crippen LogP) is 5.02. The molecule has 1 aliphatic heterocycles. The summed E-state index contributed by atoms with van der Waals surface area (Å²) >= 11 is 0. The first-order valence-electron chi connectivity index (χ1n) is 12.0. The number of nitriles is 1. The van der Waals surface area contributed by atoms with E-state index in [0.717, 1.165) is 29.8 Å². The van der Waals surface area contributed by atoms with Gasteiger partial charge in [-0.05, 0) is 56.6 Å². The van der Waals surface area contributed by atoms with E-state index in [0.29, 0.717) is 31.9 Å². The Kier molecular flexibility index (Phi) is 7.50. The zero-order valence-corrected chi connectivity index (χ0v) is 20.5. The summed E-state index contributed by atoms with van der Waals surface area (Å²) in [6, 6.07) is 7.43. The SMILES string of the molecule is CC(O)(C(=O)Nc1ccc(C#N)c(C(F)(F)F)c1)C1NCCCCCNc2c3c(C(F)(F)F)cccc3nn21. The second-order valence-corrected chi connectivity index (χ2v) is 9.31. The summed E-state index contributed by atoms with van der Waals surface area (Å²) < 4.78 is 82.9. The molecule has 3 aromatic rings. The maximum atomic E-state index is 13.9. The third-order valence-electron chi connectivity index (χ3n) is 6.45. The zero-order valence-electron chi connectivity index (χ0n) is 20.5. The van der Waals surface area contributed by atoms with Crippen LogP contribution in [0.1, 0.15) is 49.0 Å². The minimum absolute atomic E-state index is 0.0310. The number of amides is 1. The molecule has 208 valence electrons. The zero-order chi connectivity index (χ0) is 28.6. The van der Waals surface area contributed by atoms with Crippen LogP contribution in [0.4, 0.5) is 37.8 Å². The van der Waals surface area contributed by atoms with Gasteiger partial charge in [0.15, 0.2) is 5.60 Å². The number of carbonyl (C=O) groups excluding carboxylic acids is 1. The highest BCUT2D eigenvalue weighted by atomic mass is 19.4. The van der Waals surface area contributed by atoms with Crippen molar-refractivity contribution in [3.63, 3.8) is 0 Å². The number of aliphatic hydroxyl groups is 1. The van der Waals surface area contributed by atoms with Crippen LogP contribution in [-0.4, -0.2) is 39.5 Å². The maximum absolute atomic E-state index is 13.9. The number of rotatable bonds is 3. The van der Waals surface area contributed by atoms with Crippen LogP contribution in [-0.2, 0) is 17.1 Å². The van der Waals surface area contributed by atoms with Crippen LogP contribution in [0.15, 0.2) is 36.4 Å². The topological polar surface area (TPSA) is 115 Å². The van der Waals surface area contributed by atoms with E-state index in [2.05, 4.69) is 21.0 Å². The second kappa shape index (κ2) is 10.4. The molecule has 0 aliphatic carbocycles. The van der Waals surface area contributed by atoms with Gasteiger partial charge in [-0.25, -0.2) is 4.68 Å². The Labute approximate surface area is 218 Å². The Morgan fingerprint density at radius 3 is 2.44 bits per heavy atom. The standard InChI is InChI=1S/C25H24F6N6O2/c1-23(39,22(38)35-15-9-8-14(13-32)17(12-15)25(29,30)31)21-34-11-4-2-3-10-33-20-19-16(24(26,27)28)6-5-7-18(19)36-37(20)21/h5-9,12,21,33-34,39H,2-4,10-11H2,1H3,(H,35,38). The molecule has 0 saturated carbocycles. The average molecular weight is 554 g/mol. The van der Waals surface area contributed by atoms with Gasteiger partial charge in [0.25, 0.3) is 5.91 Å². The van der Waals surface area contributed by atoms with Crippen LogP contribution >= 0.6 is 0 Å². The average Bonchev–Trinajstić information content (AvgIpc) is 3.22. The van der Waals surface area contributed by atoms with Crippen LogP contribution < -0.4 is 16.0 Å². The Balaban J connectivity index is 1.78. The molecule has 4 rings (SSSR count). The molecule has 2 aromatic carbocycles. The van der Waals surface area contributed by atoms with Crippen LogP contribution in [0.5, 0.6) is 0 Å². The molecule has 2 heterocycles. The van der Waals surface area contributed by atoms with Crippen molar-refractivity contribution >= 4 is 28.3 Å². The lowest BCUT2D eigenvalue weighted by Crippen LogP contribution is -2.53. The Bertz CT molecular complexity index is 1420. The lowest BCUT2D eigenvalue weighted by molar-refractivity contribution is -0.139. The van der Waals surface area contributed by atoms with E-state index in [1.807, 2.05) is 0 Å². The molecule has 4 N–H and O–H groups in total. The van der Waals surface area contributed by atoms with E-state index in [4.69, 9.17) is 5.26 Å². The molecular formula is C25H24F6N6O2. The van der Waals surface area contributed by atoms with Crippen molar-refractivity contribution in [3.8, 4) is 6.07 Å². The minimum atomic E-state index is -4.88. The fourth-order valence-electron chi connectivity index (χ4n) is 4.48. The lowest BCUT2D eigenvalue weighted by Gasteiger charge is -2.34. The number of fused-ring (bicyclic) bond motifs is 3. The monoisotopic (exact) mass is 554 g/mol. The lowest BCUT2D eigenvalue weighted by atomic mass is 10.00. The van der Waals surface area contributed by atoms with E-state index in [1.165, 1.54) is 18.2 Å². The summed E-state index contributed by atoms with van der Waals surface area (Å²) in [6.07, 6.45) is -9.04. The van der Waals surface area contributed by atoms with Crippen molar-refractivity contribution in [2.24, 2.45) is 0 Å². The Morgan fingerprint density at radius 1 is 1.08 bits per heavy atom. The van der Waals surface area contributed by atoms with E-state index in [9.17, 15) is 36.2 Å². The molecule has 2 unspecified atom stereocenters. The predicted molar refractivity (Wildman–Crippen MR) is 130 cm³/mol. The molecule has 0 bridgehead atoms. The number of aromatic nitrogens is 2. The van der Waals surface area contributed by atoms with Gasteiger partial charge in [-0.1, -0.05) is 12.5 Å². The summed E-state index contributed by atoms with van der Waals surface area (Å²) in [5, 5.41) is 32.6. The number of hydrogen-bond donors (Lipinski definition) is 4. The third-order valence-corrected chi connectivity index (χ3v) is 6.45. The molecule has 39 heavy (non-hydrogen) atoms. The first-order valence-corrected chi connectivity index (χ1v) is 12.0. The number of alkyl halides is 6. The van der Waals surface area contributed by atoms with Gasteiger partial charge in [-0.15, -0.1) is 0 Å². The van der Waals surface area contributed by atoms with Crippen molar-refractivity contribution in [2.45, 2.75) is 50.3 Å². The minimum Gasteiger partial charge on any atom is -0.377 e.